The summed E-state index contributed by atoms with van der Waals surface area (Å²) in [5.41, 5.74) is 4.97. The third-order valence-corrected chi connectivity index (χ3v) is 4.00. The van der Waals surface area contributed by atoms with Crippen molar-refractivity contribution >= 4 is 0 Å². The van der Waals surface area contributed by atoms with Crippen LogP contribution in [0.25, 0.3) is 23.0 Å². The van der Waals surface area contributed by atoms with Crippen molar-refractivity contribution in [3.63, 3.8) is 0 Å². The van der Waals surface area contributed by atoms with Crippen LogP contribution in [-0.4, -0.2) is 24.9 Å². The fourth-order valence-electron chi connectivity index (χ4n) is 2.58. The number of nitrogens with zero attached hydrogens (tertiary/aromatic N) is 5. The van der Waals surface area contributed by atoms with Crippen molar-refractivity contribution < 1.29 is 4.52 Å². The van der Waals surface area contributed by atoms with Crippen LogP contribution in [0.2, 0.25) is 0 Å². The largest absolute Gasteiger partial charge is 0.332 e. The molecule has 0 aliphatic heterocycles. The molecule has 6 heteroatoms. The molecule has 0 aliphatic carbocycles. The van der Waals surface area contributed by atoms with Crippen LogP contribution in [0, 0.1) is 13.8 Å². The maximum absolute atomic E-state index is 5.37. The van der Waals surface area contributed by atoms with E-state index in [0.29, 0.717) is 24.0 Å². The lowest BCUT2D eigenvalue weighted by atomic mass is 10.1. The zero-order valence-corrected chi connectivity index (χ0v) is 14.0. The number of aryl methyl sites for hydroxylation is 2. The predicted molar refractivity (Wildman–Crippen MR) is 93.8 cm³/mol. The molecule has 0 aliphatic rings. The first-order chi connectivity index (χ1) is 12.2. The summed E-state index contributed by atoms with van der Waals surface area (Å²) in [6.07, 6.45) is 3.41. The molecule has 0 bridgehead atoms. The maximum atomic E-state index is 5.37. The van der Waals surface area contributed by atoms with Gasteiger partial charge in [-0.1, -0.05) is 35.0 Å². The number of pyridine rings is 1. The fourth-order valence-corrected chi connectivity index (χ4v) is 2.58. The normalized spacial score (nSPS) is 11.0. The van der Waals surface area contributed by atoms with Gasteiger partial charge in [-0.3, -0.25) is 9.67 Å². The van der Waals surface area contributed by atoms with Crippen molar-refractivity contribution in [2.75, 3.05) is 0 Å². The number of benzene rings is 1. The van der Waals surface area contributed by atoms with E-state index in [1.807, 2.05) is 29.8 Å². The molecule has 3 aromatic heterocycles. The van der Waals surface area contributed by atoms with E-state index in [1.165, 1.54) is 11.1 Å². The van der Waals surface area contributed by atoms with Crippen molar-refractivity contribution in [1.29, 1.82) is 0 Å². The fraction of sp³-hybridized carbons (Fsp3) is 0.158. The molecule has 25 heavy (non-hydrogen) atoms. The van der Waals surface area contributed by atoms with E-state index in [-0.39, 0.29) is 0 Å². The summed E-state index contributed by atoms with van der Waals surface area (Å²) in [6.45, 7) is 4.80. The molecule has 4 aromatic rings. The predicted octanol–water partition coefficient (Wildman–Crippen LogP) is 3.66. The first-order valence-corrected chi connectivity index (χ1v) is 8.03. The molecular formula is C19H17N5O. The molecule has 1 aromatic carbocycles. The summed E-state index contributed by atoms with van der Waals surface area (Å²) in [5.74, 6) is 0.915. The van der Waals surface area contributed by atoms with Crippen molar-refractivity contribution in [3.8, 4) is 23.0 Å². The van der Waals surface area contributed by atoms with Crippen LogP contribution in [0.1, 0.15) is 16.8 Å². The highest BCUT2D eigenvalue weighted by Gasteiger charge is 2.15. The van der Waals surface area contributed by atoms with Gasteiger partial charge in [-0.05, 0) is 37.6 Å². The Hall–Kier alpha value is -3.28. The number of rotatable bonds is 4. The minimum Gasteiger partial charge on any atom is -0.332 e. The lowest BCUT2D eigenvalue weighted by Crippen LogP contribution is -2.03. The van der Waals surface area contributed by atoms with Gasteiger partial charge in [-0.2, -0.15) is 10.1 Å². The van der Waals surface area contributed by atoms with Crippen LogP contribution in [0.4, 0.5) is 0 Å². The third kappa shape index (κ3) is 3.19. The molecule has 0 unspecified atom stereocenters. The Bertz CT molecular complexity index is 986. The Balaban J connectivity index is 1.60. The van der Waals surface area contributed by atoms with E-state index in [0.717, 1.165) is 11.3 Å². The van der Waals surface area contributed by atoms with Crippen LogP contribution in [0.5, 0.6) is 0 Å². The Morgan fingerprint density at radius 2 is 1.92 bits per heavy atom. The molecule has 0 amide bonds. The van der Waals surface area contributed by atoms with Crippen LogP contribution in [0.3, 0.4) is 0 Å². The Morgan fingerprint density at radius 1 is 1.08 bits per heavy atom. The monoisotopic (exact) mass is 331 g/mol. The van der Waals surface area contributed by atoms with Gasteiger partial charge < -0.3 is 4.52 Å². The summed E-state index contributed by atoms with van der Waals surface area (Å²) < 4.78 is 7.31. The Labute approximate surface area is 145 Å². The number of hydrogen-bond donors (Lipinski definition) is 0. The van der Waals surface area contributed by atoms with Crippen LogP contribution >= 0.6 is 0 Å². The Kier molecular flexibility index (Phi) is 3.85. The van der Waals surface area contributed by atoms with Crippen molar-refractivity contribution in [2.24, 2.45) is 0 Å². The molecule has 0 spiro atoms. The summed E-state index contributed by atoms with van der Waals surface area (Å²) in [6, 6.07) is 14.1. The third-order valence-electron chi connectivity index (χ3n) is 4.00. The molecule has 0 atom stereocenters. The van der Waals surface area contributed by atoms with Crippen LogP contribution < -0.4 is 0 Å². The van der Waals surface area contributed by atoms with E-state index in [2.05, 4.69) is 51.4 Å². The molecule has 124 valence electrons. The molecule has 0 saturated carbocycles. The number of aromatic nitrogens is 5. The van der Waals surface area contributed by atoms with Gasteiger partial charge in [-0.15, -0.1) is 0 Å². The van der Waals surface area contributed by atoms with Gasteiger partial charge in [0.1, 0.15) is 0 Å². The van der Waals surface area contributed by atoms with Crippen LogP contribution in [0.15, 0.2) is 59.4 Å². The minimum atomic E-state index is 0.407. The van der Waals surface area contributed by atoms with Gasteiger partial charge in [0.2, 0.25) is 5.82 Å². The van der Waals surface area contributed by atoms with E-state index >= 15 is 0 Å². The van der Waals surface area contributed by atoms with Crippen molar-refractivity contribution in [2.45, 2.75) is 20.4 Å². The van der Waals surface area contributed by atoms with Gasteiger partial charge in [0, 0.05) is 23.7 Å². The lowest BCUT2D eigenvalue weighted by Gasteiger charge is -2.04. The molecule has 4 rings (SSSR count). The average molecular weight is 331 g/mol. The minimum absolute atomic E-state index is 0.407. The molecule has 0 N–H and O–H groups in total. The summed E-state index contributed by atoms with van der Waals surface area (Å²) >= 11 is 0. The van der Waals surface area contributed by atoms with E-state index in [1.54, 1.807) is 12.4 Å². The van der Waals surface area contributed by atoms with Gasteiger partial charge in [0.15, 0.2) is 5.69 Å². The lowest BCUT2D eigenvalue weighted by molar-refractivity contribution is 0.430. The van der Waals surface area contributed by atoms with Gasteiger partial charge in [-0.25, -0.2) is 0 Å². The zero-order valence-electron chi connectivity index (χ0n) is 14.0. The molecule has 0 fully saturated rings. The van der Waals surface area contributed by atoms with Crippen LogP contribution in [-0.2, 0) is 6.54 Å². The molecule has 0 saturated heterocycles. The van der Waals surface area contributed by atoms with E-state index in [4.69, 9.17) is 4.52 Å². The second-order valence-electron chi connectivity index (χ2n) is 5.98. The van der Waals surface area contributed by atoms with E-state index < -0.39 is 0 Å². The second-order valence-corrected chi connectivity index (χ2v) is 5.98. The molecular weight excluding hydrogens is 314 g/mol. The Morgan fingerprint density at radius 3 is 2.68 bits per heavy atom. The SMILES string of the molecule is Cc1ccc(Cn2nc(-c3nc(-c4cccnc4)no3)cc2C)cc1. The quantitative estimate of drug-likeness (QED) is 0.571. The topological polar surface area (TPSA) is 69.6 Å². The van der Waals surface area contributed by atoms with Gasteiger partial charge >= 0.3 is 0 Å². The molecule has 3 heterocycles. The maximum Gasteiger partial charge on any atom is 0.278 e. The summed E-state index contributed by atoms with van der Waals surface area (Å²) in [5, 5.41) is 8.63. The average Bonchev–Trinajstić information content (AvgIpc) is 3.25. The first-order valence-electron chi connectivity index (χ1n) is 8.03. The standard InChI is InChI=1S/C19H17N5O/c1-13-5-7-15(8-6-13)12-24-14(2)10-17(22-24)19-21-18(23-25-19)16-4-3-9-20-11-16/h3-11H,12H2,1-2H3. The summed E-state index contributed by atoms with van der Waals surface area (Å²) in [4.78, 5) is 8.50. The van der Waals surface area contributed by atoms with Crippen molar-refractivity contribution in [3.05, 3.63) is 71.7 Å². The number of hydrogen-bond acceptors (Lipinski definition) is 5. The smallest absolute Gasteiger partial charge is 0.278 e. The second kappa shape index (κ2) is 6.32. The van der Waals surface area contributed by atoms with E-state index in [9.17, 15) is 0 Å². The zero-order chi connectivity index (χ0) is 17.2. The van der Waals surface area contributed by atoms with Gasteiger partial charge in [0.25, 0.3) is 5.89 Å². The highest BCUT2D eigenvalue weighted by Crippen LogP contribution is 2.21. The summed E-state index contributed by atoms with van der Waals surface area (Å²) in [7, 11) is 0. The van der Waals surface area contributed by atoms with Crippen molar-refractivity contribution in [1.82, 2.24) is 24.9 Å². The highest BCUT2D eigenvalue weighted by molar-refractivity contribution is 5.56. The molecule has 0 radical (unpaired) electrons. The molecule has 6 nitrogen and oxygen atoms in total. The first kappa shape index (κ1) is 15.3. The van der Waals surface area contributed by atoms with Gasteiger partial charge in [0.05, 0.1) is 6.54 Å². The highest BCUT2D eigenvalue weighted by atomic mass is 16.5.